The minimum Gasteiger partial charge on any atom is -0.343 e. The highest BCUT2D eigenvalue weighted by atomic mass is 32.1. The quantitative estimate of drug-likeness (QED) is 0.703. The van der Waals surface area contributed by atoms with Gasteiger partial charge in [-0.2, -0.15) is 5.26 Å². The van der Waals surface area contributed by atoms with Gasteiger partial charge in [-0.05, 0) is 11.4 Å². The molecule has 0 aliphatic carbocycles. The number of carbonyl (C=O) groups excluding carboxylic acids is 1. The van der Waals surface area contributed by atoms with Gasteiger partial charge in [-0.15, -0.1) is 11.3 Å². The summed E-state index contributed by atoms with van der Waals surface area (Å²) in [7, 11) is 0. The average molecular weight is 180 g/mol. The number of hydrogen-bond donors (Lipinski definition) is 1. The highest BCUT2D eigenvalue weighted by Gasteiger charge is 2.01. The fourth-order valence-corrected chi connectivity index (χ4v) is 1.48. The van der Waals surface area contributed by atoms with Gasteiger partial charge in [0.05, 0.1) is 12.5 Å². The zero-order valence-electron chi connectivity index (χ0n) is 6.41. The SMILES string of the molecule is N#CCNC(=O)Cc1cccs1. The lowest BCUT2D eigenvalue weighted by atomic mass is 10.3. The molecule has 0 radical (unpaired) electrons. The predicted molar refractivity (Wildman–Crippen MR) is 46.6 cm³/mol. The fraction of sp³-hybridized carbons (Fsp3) is 0.250. The summed E-state index contributed by atoms with van der Waals surface area (Å²) in [4.78, 5) is 12.0. The molecule has 1 aromatic rings. The maximum Gasteiger partial charge on any atom is 0.226 e. The molecule has 4 heteroatoms. The number of nitriles is 1. The molecule has 0 saturated heterocycles. The van der Waals surface area contributed by atoms with E-state index >= 15 is 0 Å². The average Bonchev–Trinajstić information content (AvgIpc) is 2.53. The third-order valence-electron chi connectivity index (χ3n) is 1.28. The Morgan fingerprint density at radius 2 is 2.58 bits per heavy atom. The first kappa shape index (κ1) is 8.75. The van der Waals surface area contributed by atoms with Gasteiger partial charge in [0.1, 0.15) is 6.54 Å². The molecular formula is C8H8N2OS. The predicted octanol–water partition coefficient (Wildman–Crippen LogP) is 0.930. The standard InChI is InChI=1S/C8H8N2OS/c9-3-4-10-8(11)6-7-2-1-5-12-7/h1-2,5H,4,6H2,(H,10,11). The summed E-state index contributed by atoms with van der Waals surface area (Å²) in [6.45, 7) is 0.0875. The number of amides is 1. The van der Waals surface area contributed by atoms with Gasteiger partial charge in [0.2, 0.25) is 5.91 Å². The Kier molecular flexibility index (Phi) is 3.30. The number of carbonyl (C=O) groups is 1. The Hall–Kier alpha value is -1.34. The lowest BCUT2D eigenvalue weighted by molar-refractivity contribution is -0.120. The lowest BCUT2D eigenvalue weighted by Gasteiger charge is -1.96. The molecule has 1 N–H and O–H groups in total. The van der Waals surface area contributed by atoms with Gasteiger partial charge in [0.25, 0.3) is 0 Å². The van der Waals surface area contributed by atoms with Gasteiger partial charge in [-0.1, -0.05) is 6.07 Å². The Balaban J connectivity index is 2.33. The van der Waals surface area contributed by atoms with Gasteiger partial charge in [-0.25, -0.2) is 0 Å². The summed E-state index contributed by atoms with van der Waals surface area (Å²) >= 11 is 1.54. The van der Waals surface area contributed by atoms with E-state index < -0.39 is 0 Å². The van der Waals surface area contributed by atoms with Crippen molar-refractivity contribution in [3.05, 3.63) is 22.4 Å². The molecule has 0 aliphatic rings. The molecule has 0 aromatic carbocycles. The van der Waals surface area contributed by atoms with Crippen molar-refractivity contribution in [2.45, 2.75) is 6.42 Å². The van der Waals surface area contributed by atoms with Gasteiger partial charge in [0, 0.05) is 4.88 Å². The van der Waals surface area contributed by atoms with Gasteiger partial charge in [0.15, 0.2) is 0 Å². The molecule has 3 nitrogen and oxygen atoms in total. The molecule has 0 unspecified atom stereocenters. The van der Waals surface area contributed by atoms with E-state index in [4.69, 9.17) is 5.26 Å². The second-order valence-electron chi connectivity index (χ2n) is 2.19. The molecule has 0 spiro atoms. The summed E-state index contributed by atoms with van der Waals surface area (Å²) in [5, 5.41) is 12.6. The summed E-state index contributed by atoms with van der Waals surface area (Å²) in [6.07, 6.45) is 0.374. The van der Waals surface area contributed by atoms with Crippen LogP contribution in [-0.4, -0.2) is 12.5 Å². The third-order valence-corrected chi connectivity index (χ3v) is 2.16. The van der Waals surface area contributed by atoms with E-state index in [1.165, 1.54) is 0 Å². The second kappa shape index (κ2) is 4.52. The summed E-state index contributed by atoms with van der Waals surface area (Å²) < 4.78 is 0. The van der Waals surface area contributed by atoms with Crippen LogP contribution in [0.2, 0.25) is 0 Å². The number of rotatable bonds is 3. The Labute approximate surface area is 74.6 Å². The Bertz CT molecular complexity index is 287. The van der Waals surface area contributed by atoms with Crippen molar-refractivity contribution >= 4 is 17.2 Å². The Morgan fingerprint density at radius 1 is 1.75 bits per heavy atom. The van der Waals surface area contributed by atoms with Crippen LogP contribution in [0.4, 0.5) is 0 Å². The zero-order chi connectivity index (χ0) is 8.81. The highest BCUT2D eigenvalue weighted by Crippen LogP contribution is 2.08. The molecule has 1 amide bonds. The van der Waals surface area contributed by atoms with Gasteiger partial charge in [-0.3, -0.25) is 4.79 Å². The van der Waals surface area contributed by atoms with Gasteiger partial charge >= 0.3 is 0 Å². The van der Waals surface area contributed by atoms with Crippen molar-refractivity contribution in [1.29, 1.82) is 5.26 Å². The van der Waals surface area contributed by atoms with Crippen LogP contribution >= 0.6 is 11.3 Å². The van der Waals surface area contributed by atoms with Crippen molar-refractivity contribution in [2.24, 2.45) is 0 Å². The van der Waals surface area contributed by atoms with Crippen LogP contribution in [0.3, 0.4) is 0 Å². The van der Waals surface area contributed by atoms with E-state index in [0.29, 0.717) is 6.42 Å². The summed E-state index contributed by atoms with van der Waals surface area (Å²) in [6, 6.07) is 5.65. The van der Waals surface area contributed by atoms with Crippen molar-refractivity contribution in [2.75, 3.05) is 6.54 Å². The van der Waals surface area contributed by atoms with Crippen LogP contribution in [0.5, 0.6) is 0 Å². The first-order valence-corrected chi connectivity index (χ1v) is 4.37. The molecular weight excluding hydrogens is 172 g/mol. The van der Waals surface area contributed by atoms with Crippen LogP contribution in [-0.2, 0) is 11.2 Å². The van der Waals surface area contributed by atoms with Crippen LogP contribution in [0.1, 0.15) is 4.88 Å². The van der Waals surface area contributed by atoms with Crippen molar-refractivity contribution in [3.63, 3.8) is 0 Å². The topological polar surface area (TPSA) is 52.9 Å². The van der Waals surface area contributed by atoms with Crippen LogP contribution in [0.15, 0.2) is 17.5 Å². The highest BCUT2D eigenvalue weighted by molar-refractivity contribution is 7.10. The van der Waals surface area contributed by atoms with Gasteiger partial charge < -0.3 is 5.32 Å². The minimum atomic E-state index is -0.0981. The molecule has 62 valence electrons. The maximum absolute atomic E-state index is 11.0. The molecule has 12 heavy (non-hydrogen) atoms. The summed E-state index contributed by atoms with van der Waals surface area (Å²) in [5.74, 6) is -0.0981. The van der Waals surface area contributed by atoms with E-state index in [-0.39, 0.29) is 12.5 Å². The molecule has 0 atom stereocenters. The van der Waals surface area contributed by atoms with E-state index in [0.717, 1.165) is 4.88 Å². The second-order valence-corrected chi connectivity index (χ2v) is 3.22. The largest absolute Gasteiger partial charge is 0.343 e. The first-order valence-electron chi connectivity index (χ1n) is 3.49. The molecule has 1 rings (SSSR count). The van der Waals surface area contributed by atoms with Crippen LogP contribution in [0.25, 0.3) is 0 Å². The third kappa shape index (κ3) is 2.72. The Morgan fingerprint density at radius 3 is 3.17 bits per heavy atom. The molecule has 0 bridgehead atoms. The number of hydrogen-bond acceptors (Lipinski definition) is 3. The smallest absolute Gasteiger partial charge is 0.226 e. The minimum absolute atomic E-state index is 0.0875. The van der Waals surface area contributed by atoms with Crippen molar-refractivity contribution in [1.82, 2.24) is 5.32 Å². The molecule has 0 aliphatic heterocycles. The van der Waals surface area contributed by atoms with E-state index in [1.54, 1.807) is 11.3 Å². The van der Waals surface area contributed by atoms with Crippen LogP contribution < -0.4 is 5.32 Å². The number of thiophene rings is 1. The number of nitrogens with one attached hydrogen (secondary N) is 1. The zero-order valence-corrected chi connectivity index (χ0v) is 7.23. The van der Waals surface area contributed by atoms with Crippen molar-refractivity contribution in [3.8, 4) is 6.07 Å². The first-order chi connectivity index (χ1) is 5.83. The molecule has 1 heterocycles. The van der Waals surface area contributed by atoms with E-state index in [9.17, 15) is 4.79 Å². The molecule has 0 fully saturated rings. The normalized spacial score (nSPS) is 8.92. The van der Waals surface area contributed by atoms with E-state index in [2.05, 4.69) is 5.32 Å². The molecule has 1 aromatic heterocycles. The number of nitrogens with zero attached hydrogens (tertiary/aromatic N) is 1. The van der Waals surface area contributed by atoms with Crippen molar-refractivity contribution < 1.29 is 4.79 Å². The van der Waals surface area contributed by atoms with E-state index in [1.807, 2.05) is 23.6 Å². The fourth-order valence-electron chi connectivity index (χ4n) is 0.772. The monoisotopic (exact) mass is 180 g/mol. The van der Waals surface area contributed by atoms with Crippen LogP contribution in [0, 0.1) is 11.3 Å². The lowest BCUT2D eigenvalue weighted by Crippen LogP contribution is -2.24. The summed E-state index contributed by atoms with van der Waals surface area (Å²) in [5.41, 5.74) is 0. The maximum atomic E-state index is 11.0. The molecule has 0 saturated carbocycles.